The van der Waals surface area contributed by atoms with Crippen LogP contribution in [0.25, 0.3) is 0 Å². The zero-order valence-corrected chi connectivity index (χ0v) is 17.8. The van der Waals surface area contributed by atoms with Crippen molar-refractivity contribution in [2.45, 2.75) is 27.2 Å². The van der Waals surface area contributed by atoms with E-state index >= 15 is 0 Å². The Kier molecular flexibility index (Phi) is 8.54. The van der Waals surface area contributed by atoms with E-state index in [0.717, 1.165) is 4.88 Å². The van der Waals surface area contributed by atoms with Gasteiger partial charge in [-0.1, -0.05) is 6.92 Å². The SMILES string of the molecule is CCOC(=O)c1cc(CC)sc1NC(=O)COC(=O)COc1ccc(C(C)=O)cc1. The van der Waals surface area contributed by atoms with Gasteiger partial charge in [-0.2, -0.15) is 0 Å². The number of benzene rings is 1. The maximum Gasteiger partial charge on any atom is 0.344 e. The van der Waals surface area contributed by atoms with Gasteiger partial charge in [-0.3, -0.25) is 9.59 Å². The number of ketones is 1. The molecule has 2 aromatic rings. The lowest BCUT2D eigenvalue weighted by Gasteiger charge is -2.08. The minimum absolute atomic E-state index is 0.0742. The Labute approximate surface area is 178 Å². The van der Waals surface area contributed by atoms with Crippen molar-refractivity contribution in [3.05, 3.63) is 46.3 Å². The second-order valence-electron chi connectivity index (χ2n) is 6.11. The fourth-order valence-electron chi connectivity index (χ4n) is 2.35. The van der Waals surface area contributed by atoms with Crippen LogP contribution in [-0.2, 0) is 25.5 Å². The second-order valence-corrected chi connectivity index (χ2v) is 7.24. The van der Waals surface area contributed by atoms with E-state index in [1.165, 1.54) is 18.3 Å². The van der Waals surface area contributed by atoms with Gasteiger partial charge in [0.25, 0.3) is 5.91 Å². The summed E-state index contributed by atoms with van der Waals surface area (Å²) in [6, 6.07) is 7.98. The van der Waals surface area contributed by atoms with Crippen molar-refractivity contribution >= 4 is 40.0 Å². The van der Waals surface area contributed by atoms with Crippen LogP contribution in [0.2, 0.25) is 0 Å². The summed E-state index contributed by atoms with van der Waals surface area (Å²) in [5.74, 6) is -1.51. The highest BCUT2D eigenvalue weighted by molar-refractivity contribution is 7.16. The van der Waals surface area contributed by atoms with E-state index in [4.69, 9.17) is 14.2 Å². The Morgan fingerprint density at radius 3 is 2.30 bits per heavy atom. The zero-order chi connectivity index (χ0) is 22.1. The monoisotopic (exact) mass is 433 g/mol. The molecule has 1 heterocycles. The van der Waals surface area contributed by atoms with Crippen molar-refractivity contribution < 1.29 is 33.4 Å². The first-order chi connectivity index (χ1) is 14.3. The number of esters is 2. The number of aryl methyl sites for hydroxylation is 1. The van der Waals surface area contributed by atoms with E-state index < -0.39 is 24.5 Å². The van der Waals surface area contributed by atoms with Gasteiger partial charge >= 0.3 is 11.9 Å². The third-order valence-corrected chi connectivity index (χ3v) is 5.06. The third kappa shape index (κ3) is 6.70. The van der Waals surface area contributed by atoms with E-state index in [9.17, 15) is 19.2 Å². The zero-order valence-electron chi connectivity index (χ0n) is 17.0. The maximum atomic E-state index is 12.1. The number of anilines is 1. The molecule has 30 heavy (non-hydrogen) atoms. The van der Waals surface area contributed by atoms with Gasteiger partial charge in [0.2, 0.25) is 0 Å². The third-order valence-electron chi connectivity index (χ3n) is 3.86. The minimum atomic E-state index is -0.730. The van der Waals surface area contributed by atoms with E-state index in [2.05, 4.69) is 5.32 Å². The summed E-state index contributed by atoms with van der Waals surface area (Å²) < 4.78 is 15.2. The van der Waals surface area contributed by atoms with Gasteiger partial charge in [0, 0.05) is 10.4 Å². The quantitative estimate of drug-likeness (QED) is 0.453. The van der Waals surface area contributed by atoms with E-state index in [1.54, 1.807) is 37.3 Å². The lowest BCUT2D eigenvalue weighted by Crippen LogP contribution is -2.24. The van der Waals surface area contributed by atoms with Gasteiger partial charge in [-0.25, -0.2) is 9.59 Å². The first-order valence-electron chi connectivity index (χ1n) is 9.33. The van der Waals surface area contributed by atoms with Gasteiger partial charge in [-0.15, -0.1) is 11.3 Å². The van der Waals surface area contributed by atoms with E-state index in [-0.39, 0.29) is 24.6 Å². The molecule has 0 aliphatic heterocycles. The van der Waals surface area contributed by atoms with Gasteiger partial charge in [-0.05, 0) is 50.6 Å². The van der Waals surface area contributed by atoms with Crippen LogP contribution < -0.4 is 10.1 Å². The predicted octanol–water partition coefficient (Wildman–Crippen LogP) is 3.25. The van der Waals surface area contributed by atoms with Crippen molar-refractivity contribution in [2.75, 3.05) is 25.1 Å². The Balaban J connectivity index is 1.84. The predicted molar refractivity (Wildman–Crippen MR) is 111 cm³/mol. The van der Waals surface area contributed by atoms with Crippen LogP contribution in [0.3, 0.4) is 0 Å². The molecule has 1 aromatic carbocycles. The molecule has 0 aliphatic rings. The first-order valence-corrected chi connectivity index (χ1v) is 10.1. The minimum Gasteiger partial charge on any atom is -0.482 e. The molecule has 1 aromatic heterocycles. The van der Waals surface area contributed by atoms with Crippen LogP contribution in [0.15, 0.2) is 30.3 Å². The number of thiophene rings is 1. The summed E-state index contributed by atoms with van der Waals surface area (Å²) in [4.78, 5) is 48.1. The van der Waals surface area contributed by atoms with Crippen molar-refractivity contribution in [1.29, 1.82) is 0 Å². The molecule has 0 unspecified atom stereocenters. The van der Waals surface area contributed by atoms with Crippen LogP contribution in [0, 0.1) is 0 Å². The fourth-order valence-corrected chi connectivity index (χ4v) is 3.35. The topological polar surface area (TPSA) is 108 Å². The van der Waals surface area contributed by atoms with Crippen molar-refractivity contribution in [2.24, 2.45) is 0 Å². The summed E-state index contributed by atoms with van der Waals surface area (Å²) in [6.07, 6.45) is 0.701. The Morgan fingerprint density at radius 2 is 1.70 bits per heavy atom. The van der Waals surface area contributed by atoms with Crippen LogP contribution in [-0.4, -0.2) is 43.4 Å². The maximum absolute atomic E-state index is 12.1. The van der Waals surface area contributed by atoms with E-state index in [0.29, 0.717) is 22.7 Å². The number of amides is 1. The smallest absolute Gasteiger partial charge is 0.344 e. The van der Waals surface area contributed by atoms with Crippen LogP contribution in [0.1, 0.15) is 46.4 Å². The van der Waals surface area contributed by atoms with E-state index in [1.807, 2.05) is 6.92 Å². The average Bonchev–Trinajstić information content (AvgIpc) is 3.14. The summed E-state index contributed by atoms with van der Waals surface area (Å²) in [6.45, 7) is 4.39. The lowest BCUT2D eigenvalue weighted by atomic mass is 10.1. The number of hydrogen-bond donors (Lipinski definition) is 1. The molecular formula is C21H23NO7S. The molecule has 0 aliphatic carbocycles. The van der Waals surface area contributed by atoms with Gasteiger partial charge in [0.1, 0.15) is 10.8 Å². The number of hydrogen-bond acceptors (Lipinski definition) is 8. The molecule has 1 N–H and O–H groups in total. The van der Waals surface area contributed by atoms with Crippen molar-refractivity contribution in [1.82, 2.24) is 0 Å². The molecule has 0 fully saturated rings. The molecule has 8 nitrogen and oxygen atoms in total. The second kappa shape index (κ2) is 11.1. The molecule has 0 saturated carbocycles. The molecule has 0 bridgehead atoms. The molecule has 2 rings (SSSR count). The Hall–Kier alpha value is -3.20. The molecule has 0 radical (unpaired) electrons. The van der Waals surface area contributed by atoms with Crippen LogP contribution >= 0.6 is 11.3 Å². The number of nitrogens with one attached hydrogen (secondary N) is 1. The Bertz CT molecular complexity index is 918. The molecule has 1 amide bonds. The molecule has 160 valence electrons. The van der Waals surface area contributed by atoms with Crippen LogP contribution in [0.5, 0.6) is 5.75 Å². The number of Topliss-reactive ketones (excluding diaryl/α,β-unsaturated/α-hetero) is 1. The average molecular weight is 433 g/mol. The van der Waals surface area contributed by atoms with Crippen LogP contribution in [0.4, 0.5) is 5.00 Å². The lowest BCUT2D eigenvalue weighted by molar-refractivity contribution is -0.149. The molecule has 9 heteroatoms. The highest BCUT2D eigenvalue weighted by atomic mass is 32.1. The number of carbonyl (C=O) groups excluding carboxylic acids is 4. The van der Waals surface area contributed by atoms with Gasteiger partial charge < -0.3 is 19.5 Å². The largest absolute Gasteiger partial charge is 0.482 e. The molecule has 0 atom stereocenters. The number of ether oxygens (including phenoxy) is 3. The highest BCUT2D eigenvalue weighted by Gasteiger charge is 2.19. The normalized spacial score (nSPS) is 10.2. The number of rotatable bonds is 10. The summed E-state index contributed by atoms with van der Waals surface area (Å²) >= 11 is 1.26. The summed E-state index contributed by atoms with van der Waals surface area (Å²) in [7, 11) is 0. The first kappa shape index (κ1) is 23.1. The molecule has 0 spiro atoms. The van der Waals surface area contributed by atoms with Crippen molar-refractivity contribution in [3.63, 3.8) is 0 Å². The summed E-state index contributed by atoms with van der Waals surface area (Å²) in [5.41, 5.74) is 0.805. The summed E-state index contributed by atoms with van der Waals surface area (Å²) in [5, 5.41) is 2.93. The standard InChI is InChI=1S/C21H23NO7S/c1-4-16-10-17(21(26)27-5-2)20(30-16)22-18(24)11-29-19(25)12-28-15-8-6-14(7-9-15)13(3)23/h6-10H,4-5,11-12H2,1-3H3,(H,22,24). The fraction of sp³-hybridized carbons (Fsp3) is 0.333. The van der Waals surface area contributed by atoms with Gasteiger partial charge in [0.05, 0.1) is 12.2 Å². The van der Waals surface area contributed by atoms with Crippen molar-refractivity contribution in [3.8, 4) is 5.75 Å². The molecule has 0 saturated heterocycles. The molecular weight excluding hydrogens is 410 g/mol. The number of carbonyl (C=O) groups is 4. The van der Waals surface area contributed by atoms with Gasteiger partial charge in [0.15, 0.2) is 19.0 Å². The highest BCUT2D eigenvalue weighted by Crippen LogP contribution is 2.29. The Morgan fingerprint density at radius 1 is 1.00 bits per heavy atom.